The maximum atomic E-state index is 12.8. The molecule has 1 saturated heterocycles. The lowest BCUT2D eigenvalue weighted by atomic mass is 10.0. The fourth-order valence-corrected chi connectivity index (χ4v) is 5.43. The number of esters is 1. The summed E-state index contributed by atoms with van der Waals surface area (Å²) in [5.74, 6) is -2.55. The number of nitrogens with one attached hydrogen (secondary N) is 1. The van der Waals surface area contributed by atoms with Crippen molar-refractivity contribution in [2.75, 3.05) is 25.5 Å². The number of amides is 1. The van der Waals surface area contributed by atoms with Crippen LogP contribution in [-0.4, -0.2) is 44.8 Å². The number of methoxy groups -OCH3 is 1. The molecule has 28 heavy (non-hydrogen) atoms. The van der Waals surface area contributed by atoms with E-state index in [-0.39, 0.29) is 10.6 Å². The van der Waals surface area contributed by atoms with E-state index in [4.69, 9.17) is 0 Å². The van der Waals surface area contributed by atoms with E-state index in [0.29, 0.717) is 13.1 Å². The Hall–Kier alpha value is -2.44. The van der Waals surface area contributed by atoms with E-state index in [1.54, 1.807) is 19.1 Å². The largest absolute Gasteiger partial charge is 0.469 e. The Morgan fingerprint density at radius 2 is 1.96 bits per heavy atom. The number of nitriles is 1. The quantitative estimate of drug-likeness (QED) is 0.746. The van der Waals surface area contributed by atoms with Crippen LogP contribution in [0.1, 0.15) is 26.2 Å². The number of hydrogen-bond acceptors (Lipinski definition) is 6. The van der Waals surface area contributed by atoms with Crippen molar-refractivity contribution in [3.8, 4) is 6.07 Å². The summed E-state index contributed by atoms with van der Waals surface area (Å²) in [6.07, 6.45) is 2.66. The van der Waals surface area contributed by atoms with Crippen LogP contribution in [0.4, 0.5) is 5.69 Å². The fourth-order valence-electron chi connectivity index (χ4n) is 3.87. The molecule has 3 rings (SSSR count). The van der Waals surface area contributed by atoms with E-state index >= 15 is 0 Å². The van der Waals surface area contributed by atoms with Crippen molar-refractivity contribution in [1.82, 2.24) is 4.31 Å². The molecule has 1 saturated carbocycles. The van der Waals surface area contributed by atoms with Gasteiger partial charge in [0.2, 0.25) is 15.9 Å². The number of rotatable bonds is 5. The van der Waals surface area contributed by atoms with Crippen LogP contribution in [0, 0.1) is 28.6 Å². The zero-order valence-corrected chi connectivity index (χ0v) is 16.7. The Morgan fingerprint density at radius 1 is 1.29 bits per heavy atom. The normalized spacial score (nSPS) is 27.5. The molecule has 1 aromatic carbocycles. The van der Waals surface area contributed by atoms with E-state index in [9.17, 15) is 23.3 Å². The van der Waals surface area contributed by atoms with Crippen LogP contribution < -0.4 is 5.32 Å². The average Bonchev–Trinajstić information content (AvgIpc) is 3.33. The summed E-state index contributed by atoms with van der Waals surface area (Å²) in [7, 11) is -2.43. The van der Waals surface area contributed by atoms with E-state index in [0.717, 1.165) is 19.3 Å². The molecule has 0 bridgehead atoms. The van der Waals surface area contributed by atoms with Crippen LogP contribution in [0.15, 0.2) is 29.2 Å². The Kier molecular flexibility index (Phi) is 5.46. The maximum absolute atomic E-state index is 12.8. The summed E-state index contributed by atoms with van der Waals surface area (Å²) in [6.45, 7) is 2.60. The van der Waals surface area contributed by atoms with Crippen molar-refractivity contribution in [1.29, 1.82) is 5.26 Å². The van der Waals surface area contributed by atoms with Gasteiger partial charge in [0.25, 0.3) is 0 Å². The zero-order valence-electron chi connectivity index (χ0n) is 15.8. The van der Waals surface area contributed by atoms with Crippen molar-refractivity contribution in [2.45, 2.75) is 31.1 Å². The van der Waals surface area contributed by atoms with Crippen LogP contribution in [0.3, 0.4) is 0 Å². The predicted molar refractivity (Wildman–Crippen MR) is 100 cm³/mol. The lowest BCUT2D eigenvalue weighted by Crippen LogP contribution is -2.35. The lowest BCUT2D eigenvalue weighted by molar-refractivity contribution is -0.144. The molecule has 0 aromatic heterocycles. The summed E-state index contributed by atoms with van der Waals surface area (Å²) in [4.78, 5) is 24.7. The molecule has 1 aliphatic heterocycles. The van der Waals surface area contributed by atoms with Gasteiger partial charge in [-0.15, -0.1) is 0 Å². The first kappa shape index (κ1) is 20.3. The smallest absolute Gasteiger partial charge is 0.311 e. The fraction of sp³-hybridized carbons (Fsp3) is 0.526. The maximum Gasteiger partial charge on any atom is 0.311 e. The molecular formula is C19H23N3O5S. The van der Waals surface area contributed by atoms with Gasteiger partial charge < -0.3 is 10.1 Å². The molecule has 0 spiro atoms. The van der Waals surface area contributed by atoms with Crippen molar-refractivity contribution < 1.29 is 22.7 Å². The lowest BCUT2D eigenvalue weighted by Gasteiger charge is -2.26. The Labute approximate surface area is 164 Å². The van der Waals surface area contributed by atoms with Gasteiger partial charge in [0, 0.05) is 18.8 Å². The van der Waals surface area contributed by atoms with Gasteiger partial charge in [-0.3, -0.25) is 9.59 Å². The van der Waals surface area contributed by atoms with Crippen molar-refractivity contribution in [3.05, 3.63) is 24.3 Å². The van der Waals surface area contributed by atoms with Gasteiger partial charge >= 0.3 is 5.97 Å². The first-order valence-corrected chi connectivity index (χ1v) is 10.6. The van der Waals surface area contributed by atoms with E-state index in [2.05, 4.69) is 10.1 Å². The number of ether oxygens (including phenoxy) is 1. The molecule has 1 N–H and O–H groups in total. The number of carbonyl (C=O) groups is 2. The predicted octanol–water partition coefficient (Wildman–Crippen LogP) is 1.75. The van der Waals surface area contributed by atoms with E-state index < -0.39 is 39.2 Å². The second kappa shape index (κ2) is 7.53. The third kappa shape index (κ3) is 3.27. The second-order valence-corrected chi connectivity index (χ2v) is 9.15. The molecular weight excluding hydrogens is 382 g/mol. The van der Waals surface area contributed by atoms with Crippen LogP contribution in [0.25, 0.3) is 0 Å². The van der Waals surface area contributed by atoms with E-state index in [1.807, 2.05) is 6.07 Å². The number of nitrogens with zero attached hydrogens (tertiary/aromatic N) is 2. The van der Waals surface area contributed by atoms with Crippen molar-refractivity contribution >= 4 is 27.6 Å². The number of piperidine rings is 1. The standard InChI is InChI=1S/C19H23N3O5S/c1-13-16(17(23)27-2)19(13,12-20)18(24)21-14-7-6-8-15(11-14)28(25,26)22-9-4-3-5-10-22/h6-8,11,13,16H,3-5,9-10H2,1-2H3,(H,21,24). The molecule has 0 radical (unpaired) electrons. The molecule has 8 nitrogen and oxygen atoms in total. The minimum absolute atomic E-state index is 0.0894. The first-order valence-electron chi connectivity index (χ1n) is 9.19. The number of anilines is 1. The molecule has 150 valence electrons. The van der Waals surface area contributed by atoms with Crippen LogP contribution >= 0.6 is 0 Å². The average molecular weight is 405 g/mol. The molecule has 1 aromatic rings. The number of hydrogen-bond donors (Lipinski definition) is 1. The summed E-state index contributed by atoms with van der Waals surface area (Å²) in [5.41, 5.74) is -1.24. The van der Waals surface area contributed by atoms with Gasteiger partial charge in [0.05, 0.1) is 24.0 Å². The number of carbonyl (C=O) groups excluding carboxylic acids is 2. The third-order valence-corrected chi connectivity index (χ3v) is 7.55. The molecule has 3 atom stereocenters. The Morgan fingerprint density at radius 3 is 2.57 bits per heavy atom. The molecule has 1 amide bonds. The third-order valence-electron chi connectivity index (χ3n) is 5.66. The van der Waals surface area contributed by atoms with Crippen molar-refractivity contribution in [3.63, 3.8) is 0 Å². The number of sulfonamides is 1. The van der Waals surface area contributed by atoms with Gasteiger partial charge in [0.15, 0.2) is 5.41 Å². The molecule has 1 heterocycles. The van der Waals surface area contributed by atoms with Crippen LogP contribution in [0.5, 0.6) is 0 Å². The molecule has 9 heteroatoms. The number of benzene rings is 1. The highest BCUT2D eigenvalue weighted by Crippen LogP contribution is 2.59. The molecule has 2 aliphatic rings. The van der Waals surface area contributed by atoms with Gasteiger partial charge in [-0.25, -0.2) is 8.42 Å². The molecule has 3 unspecified atom stereocenters. The van der Waals surface area contributed by atoms with Gasteiger partial charge in [-0.1, -0.05) is 19.4 Å². The zero-order chi connectivity index (χ0) is 20.5. The monoisotopic (exact) mass is 405 g/mol. The first-order chi connectivity index (χ1) is 13.3. The van der Waals surface area contributed by atoms with Crippen LogP contribution in [-0.2, 0) is 24.3 Å². The topological polar surface area (TPSA) is 117 Å². The van der Waals surface area contributed by atoms with Gasteiger partial charge in [-0.2, -0.15) is 9.57 Å². The highest BCUT2D eigenvalue weighted by Gasteiger charge is 2.72. The van der Waals surface area contributed by atoms with Gasteiger partial charge in [0.1, 0.15) is 0 Å². The van der Waals surface area contributed by atoms with Crippen LogP contribution in [0.2, 0.25) is 0 Å². The summed E-state index contributed by atoms with van der Waals surface area (Å²) >= 11 is 0. The summed E-state index contributed by atoms with van der Waals surface area (Å²) in [5, 5.41) is 12.1. The summed E-state index contributed by atoms with van der Waals surface area (Å²) < 4.78 is 31.8. The highest BCUT2D eigenvalue weighted by atomic mass is 32.2. The summed E-state index contributed by atoms with van der Waals surface area (Å²) in [6, 6.07) is 7.90. The second-order valence-electron chi connectivity index (χ2n) is 7.22. The SMILES string of the molecule is COC(=O)C1C(C)C1(C#N)C(=O)Nc1cccc(S(=O)(=O)N2CCCCC2)c1. The Bertz CT molecular complexity index is 933. The molecule has 1 aliphatic carbocycles. The highest BCUT2D eigenvalue weighted by molar-refractivity contribution is 7.89. The van der Waals surface area contributed by atoms with Gasteiger partial charge in [-0.05, 0) is 37.0 Å². The van der Waals surface area contributed by atoms with E-state index in [1.165, 1.54) is 23.5 Å². The Balaban J connectivity index is 1.81. The minimum atomic E-state index is -3.64. The van der Waals surface area contributed by atoms with Crippen molar-refractivity contribution in [2.24, 2.45) is 17.3 Å². The minimum Gasteiger partial charge on any atom is -0.469 e. The molecule has 2 fully saturated rings.